The average molecular weight is 300 g/mol. The number of likely N-dealkylation sites (tertiary alicyclic amines) is 1. The molecule has 0 atom stereocenters. The average Bonchev–Trinajstić information content (AvgIpc) is 2.94. The lowest BCUT2D eigenvalue weighted by molar-refractivity contribution is 0.117. The van der Waals surface area contributed by atoms with Gasteiger partial charge in [0, 0.05) is 12.6 Å². The van der Waals surface area contributed by atoms with E-state index in [1.54, 1.807) is 7.05 Å². The lowest BCUT2D eigenvalue weighted by Gasteiger charge is -2.36. The van der Waals surface area contributed by atoms with Crippen LogP contribution in [0.15, 0.2) is 30.3 Å². The molecule has 0 radical (unpaired) electrons. The molecule has 0 unspecified atom stereocenters. The Labute approximate surface area is 131 Å². The third-order valence-electron chi connectivity index (χ3n) is 4.37. The first kappa shape index (κ1) is 15.1. The Bertz CT molecular complexity index is 573. The van der Waals surface area contributed by atoms with E-state index >= 15 is 0 Å². The van der Waals surface area contributed by atoms with Crippen LogP contribution in [0.5, 0.6) is 0 Å². The fraction of sp³-hybridized carbons (Fsp3) is 0.562. The Morgan fingerprint density at radius 3 is 2.55 bits per heavy atom. The van der Waals surface area contributed by atoms with Gasteiger partial charge in [-0.3, -0.25) is 9.80 Å². The standard InChI is InChI=1S/C16H24N6/c1-20(13-16-17-19-21(2)18-16)15-8-10-22(11-9-15)12-14-6-4-3-5-7-14/h3-7,15H,8-13H2,1-2H3. The summed E-state index contributed by atoms with van der Waals surface area (Å²) in [6, 6.07) is 11.3. The Kier molecular flexibility index (Phi) is 4.80. The highest BCUT2D eigenvalue weighted by molar-refractivity contribution is 5.14. The van der Waals surface area contributed by atoms with Crippen LogP contribution in [0.2, 0.25) is 0 Å². The highest BCUT2D eigenvalue weighted by Gasteiger charge is 2.23. The maximum absolute atomic E-state index is 4.26. The Balaban J connectivity index is 1.47. The minimum atomic E-state index is 0.607. The molecule has 1 aliphatic rings. The summed E-state index contributed by atoms with van der Waals surface area (Å²) in [5.41, 5.74) is 1.40. The van der Waals surface area contributed by atoms with Gasteiger partial charge in [-0.25, -0.2) is 0 Å². The van der Waals surface area contributed by atoms with Gasteiger partial charge >= 0.3 is 0 Å². The monoisotopic (exact) mass is 300 g/mol. The summed E-state index contributed by atoms with van der Waals surface area (Å²) in [4.78, 5) is 6.42. The molecule has 1 fully saturated rings. The van der Waals surface area contributed by atoms with E-state index in [9.17, 15) is 0 Å². The first-order valence-corrected chi connectivity index (χ1v) is 7.90. The van der Waals surface area contributed by atoms with Crippen molar-refractivity contribution in [2.24, 2.45) is 7.05 Å². The van der Waals surface area contributed by atoms with Gasteiger partial charge in [-0.1, -0.05) is 30.3 Å². The van der Waals surface area contributed by atoms with E-state index in [-0.39, 0.29) is 0 Å². The summed E-state index contributed by atoms with van der Waals surface area (Å²) >= 11 is 0. The molecule has 6 heteroatoms. The molecular weight excluding hydrogens is 276 g/mol. The van der Waals surface area contributed by atoms with E-state index in [1.807, 2.05) is 0 Å². The first-order valence-electron chi connectivity index (χ1n) is 7.90. The van der Waals surface area contributed by atoms with Crippen LogP contribution >= 0.6 is 0 Å². The third kappa shape index (κ3) is 3.90. The second-order valence-corrected chi connectivity index (χ2v) is 6.10. The van der Waals surface area contributed by atoms with Gasteiger partial charge in [0.05, 0.1) is 13.6 Å². The zero-order valence-corrected chi connectivity index (χ0v) is 13.4. The predicted molar refractivity (Wildman–Crippen MR) is 85.0 cm³/mol. The number of nitrogens with zero attached hydrogens (tertiary/aromatic N) is 6. The van der Waals surface area contributed by atoms with E-state index < -0.39 is 0 Å². The third-order valence-corrected chi connectivity index (χ3v) is 4.37. The van der Waals surface area contributed by atoms with Crippen LogP contribution < -0.4 is 0 Å². The number of aromatic nitrogens is 4. The summed E-state index contributed by atoms with van der Waals surface area (Å²) in [6.07, 6.45) is 2.40. The molecule has 2 heterocycles. The highest BCUT2D eigenvalue weighted by Crippen LogP contribution is 2.18. The van der Waals surface area contributed by atoms with E-state index in [2.05, 4.69) is 62.6 Å². The van der Waals surface area contributed by atoms with Crippen LogP contribution in [-0.2, 0) is 20.1 Å². The largest absolute Gasteiger partial charge is 0.299 e. The molecule has 0 N–H and O–H groups in total. The van der Waals surface area contributed by atoms with Crippen LogP contribution in [-0.4, -0.2) is 56.2 Å². The van der Waals surface area contributed by atoms with Crippen molar-refractivity contribution in [3.63, 3.8) is 0 Å². The number of tetrazole rings is 1. The molecule has 0 bridgehead atoms. The number of aryl methyl sites for hydroxylation is 1. The zero-order chi connectivity index (χ0) is 15.4. The Morgan fingerprint density at radius 2 is 1.91 bits per heavy atom. The van der Waals surface area contributed by atoms with Gasteiger partial charge in [-0.15, -0.1) is 10.2 Å². The maximum atomic E-state index is 4.26. The molecule has 0 aliphatic carbocycles. The molecule has 2 aromatic rings. The van der Waals surface area contributed by atoms with Gasteiger partial charge in [-0.05, 0) is 43.8 Å². The normalized spacial score (nSPS) is 17.2. The molecule has 6 nitrogen and oxygen atoms in total. The fourth-order valence-electron chi connectivity index (χ4n) is 3.10. The number of piperidine rings is 1. The smallest absolute Gasteiger partial charge is 0.188 e. The molecule has 0 amide bonds. The fourth-order valence-corrected chi connectivity index (χ4v) is 3.10. The Morgan fingerprint density at radius 1 is 1.18 bits per heavy atom. The summed E-state index contributed by atoms with van der Waals surface area (Å²) in [5, 5.41) is 12.2. The summed E-state index contributed by atoms with van der Waals surface area (Å²) < 4.78 is 0. The molecule has 1 aromatic heterocycles. The second-order valence-electron chi connectivity index (χ2n) is 6.10. The van der Waals surface area contributed by atoms with Crippen molar-refractivity contribution in [3.8, 4) is 0 Å². The van der Waals surface area contributed by atoms with Crippen molar-refractivity contribution < 1.29 is 0 Å². The van der Waals surface area contributed by atoms with Crippen molar-refractivity contribution in [1.29, 1.82) is 0 Å². The molecule has 0 saturated carbocycles. The summed E-state index contributed by atoms with van der Waals surface area (Å²) in [5.74, 6) is 0.803. The van der Waals surface area contributed by atoms with Gasteiger partial charge in [0.1, 0.15) is 0 Å². The summed E-state index contributed by atoms with van der Waals surface area (Å²) in [6.45, 7) is 4.13. The molecular formula is C16H24N6. The SMILES string of the molecule is CN(Cc1nnn(C)n1)C1CCN(Cc2ccccc2)CC1. The van der Waals surface area contributed by atoms with Gasteiger partial charge in [0.25, 0.3) is 0 Å². The van der Waals surface area contributed by atoms with Crippen molar-refractivity contribution >= 4 is 0 Å². The number of hydrogen-bond acceptors (Lipinski definition) is 5. The van der Waals surface area contributed by atoms with E-state index in [1.165, 1.54) is 23.2 Å². The molecule has 0 spiro atoms. The van der Waals surface area contributed by atoms with Gasteiger partial charge in [-0.2, -0.15) is 4.80 Å². The number of hydrogen-bond donors (Lipinski definition) is 0. The lowest BCUT2D eigenvalue weighted by Crippen LogP contribution is -2.42. The van der Waals surface area contributed by atoms with Crippen molar-refractivity contribution in [3.05, 3.63) is 41.7 Å². The number of benzene rings is 1. The van der Waals surface area contributed by atoms with Crippen LogP contribution in [0.1, 0.15) is 24.2 Å². The molecule has 1 saturated heterocycles. The predicted octanol–water partition coefficient (Wildman–Crippen LogP) is 1.31. The van der Waals surface area contributed by atoms with Crippen LogP contribution in [0, 0.1) is 0 Å². The topological polar surface area (TPSA) is 50.1 Å². The van der Waals surface area contributed by atoms with Crippen LogP contribution in [0.25, 0.3) is 0 Å². The minimum Gasteiger partial charge on any atom is -0.299 e. The first-order chi connectivity index (χ1) is 10.7. The molecule has 22 heavy (non-hydrogen) atoms. The molecule has 1 aliphatic heterocycles. The summed E-state index contributed by atoms with van der Waals surface area (Å²) in [7, 11) is 3.96. The molecule has 3 rings (SSSR count). The van der Waals surface area contributed by atoms with Crippen molar-refractivity contribution in [2.45, 2.75) is 32.0 Å². The highest BCUT2D eigenvalue weighted by atomic mass is 15.6. The second kappa shape index (κ2) is 6.98. The van der Waals surface area contributed by atoms with Gasteiger partial charge < -0.3 is 0 Å². The van der Waals surface area contributed by atoms with Gasteiger partial charge in [0.2, 0.25) is 0 Å². The van der Waals surface area contributed by atoms with E-state index in [4.69, 9.17) is 0 Å². The van der Waals surface area contributed by atoms with Crippen LogP contribution in [0.4, 0.5) is 0 Å². The molecule has 118 valence electrons. The van der Waals surface area contributed by atoms with Crippen LogP contribution in [0.3, 0.4) is 0 Å². The van der Waals surface area contributed by atoms with Gasteiger partial charge in [0.15, 0.2) is 5.82 Å². The quantitative estimate of drug-likeness (QED) is 0.833. The van der Waals surface area contributed by atoms with Crippen molar-refractivity contribution in [2.75, 3.05) is 20.1 Å². The zero-order valence-electron chi connectivity index (χ0n) is 13.4. The maximum Gasteiger partial charge on any atom is 0.188 e. The van der Waals surface area contributed by atoms with E-state index in [0.717, 1.165) is 32.0 Å². The lowest BCUT2D eigenvalue weighted by atomic mass is 10.0. The van der Waals surface area contributed by atoms with E-state index in [0.29, 0.717) is 6.04 Å². The van der Waals surface area contributed by atoms with Crippen molar-refractivity contribution in [1.82, 2.24) is 30.0 Å². The Hall–Kier alpha value is -1.79. The molecule has 1 aromatic carbocycles. The number of rotatable bonds is 5. The minimum absolute atomic E-state index is 0.607.